The number of aryl methyl sites for hydroxylation is 3. The molecule has 1 aliphatic rings. The normalized spacial score (nSPS) is 14.7. The minimum atomic E-state index is -0.805. The van der Waals surface area contributed by atoms with E-state index in [9.17, 15) is 14.4 Å². The van der Waals surface area contributed by atoms with Gasteiger partial charge in [0, 0.05) is 0 Å². The molecule has 4 rings (SSSR count). The Labute approximate surface area is 220 Å². The molecule has 8 heteroatoms. The van der Waals surface area contributed by atoms with Crippen molar-refractivity contribution in [3.8, 4) is 11.5 Å². The molecule has 0 radical (unpaired) electrons. The van der Waals surface area contributed by atoms with E-state index in [2.05, 4.69) is 11.4 Å². The van der Waals surface area contributed by atoms with Crippen molar-refractivity contribution in [2.24, 2.45) is 0 Å². The maximum Gasteiger partial charge on any atom is 0.335 e. The lowest BCUT2D eigenvalue weighted by atomic mass is 10.1. The number of carbonyl (C=O) groups excluding carboxylic acids is 3. The lowest BCUT2D eigenvalue weighted by Gasteiger charge is -2.26. The number of hydrogen-bond donors (Lipinski definition) is 1. The maximum atomic E-state index is 13.2. The number of barbiturate groups is 1. The van der Waals surface area contributed by atoms with Crippen LogP contribution in [0.1, 0.15) is 34.7 Å². The SMILES string of the molecule is CCOc1cc(/C=C2\C(=O)NC(=O)N(c3cccc(C)c3)C2=O)cc(Cl)c1OCc1ccc(C)c(C)c1. The summed E-state index contributed by atoms with van der Waals surface area (Å²) in [6.07, 6.45) is 1.38. The molecule has 3 aromatic carbocycles. The third kappa shape index (κ3) is 5.67. The minimum Gasteiger partial charge on any atom is -0.490 e. The van der Waals surface area contributed by atoms with Gasteiger partial charge in [-0.1, -0.05) is 41.9 Å². The van der Waals surface area contributed by atoms with Crippen molar-refractivity contribution in [3.05, 3.63) is 93.0 Å². The van der Waals surface area contributed by atoms with Crippen LogP contribution in [0.25, 0.3) is 6.08 Å². The summed E-state index contributed by atoms with van der Waals surface area (Å²) in [5.74, 6) is -0.785. The largest absolute Gasteiger partial charge is 0.490 e. The molecule has 7 nitrogen and oxygen atoms in total. The summed E-state index contributed by atoms with van der Waals surface area (Å²) >= 11 is 6.56. The van der Waals surface area contributed by atoms with Crippen molar-refractivity contribution >= 4 is 41.2 Å². The zero-order valence-electron chi connectivity index (χ0n) is 21.1. The van der Waals surface area contributed by atoms with Crippen LogP contribution in [-0.4, -0.2) is 24.5 Å². The van der Waals surface area contributed by atoms with Gasteiger partial charge in [-0.15, -0.1) is 0 Å². The quantitative estimate of drug-likeness (QED) is 0.310. The maximum absolute atomic E-state index is 13.2. The van der Waals surface area contributed by atoms with Crippen LogP contribution in [0.4, 0.5) is 10.5 Å². The van der Waals surface area contributed by atoms with Gasteiger partial charge in [0.1, 0.15) is 12.2 Å². The Morgan fingerprint density at radius 3 is 2.43 bits per heavy atom. The first-order chi connectivity index (χ1) is 17.7. The molecule has 0 spiro atoms. The van der Waals surface area contributed by atoms with E-state index in [4.69, 9.17) is 21.1 Å². The molecule has 1 N–H and O–H groups in total. The smallest absolute Gasteiger partial charge is 0.335 e. The monoisotopic (exact) mass is 518 g/mol. The fourth-order valence-corrected chi connectivity index (χ4v) is 4.22. The molecular formula is C29H27ClN2O5. The molecule has 4 amide bonds. The molecule has 0 saturated carbocycles. The summed E-state index contributed by atoms with van der Waals surface area (Å²) in [6.45, 7) is 8.40. The van der Waals surface area contributed by atoms with Crippen LogP contribution in [0, 0.1) is 20.8 Å². The highest BCUT2D eigenvalue weighted by molar-refractivity contribution is 6.39. The predicted octanol–water partition coefficient (Wildman–Crippen LogP) is 5.91. The molecule has 0 aromatic heterocycles. The number of hydrogen-bond acceptors (Lipinski definition) is 5. The Morgan fingerprint density at radius 2 is 1.73 bits per heavy atom. The second kappa shape index (κ2) is 10.9. The number of rotatable bonds is 7. The fraction of sp³-hybridized carbons (Fsp3) is 0.207. The number of nitrogens with zero attached hydrogens (tertiary/aromatic N) is 1. The van der Waals surface area contributed by atoms with Gasteiger partial charge >= 0.3 is 6.03 Å². The molecule has 1 fully saturated rings. The summed E-state index contributed by atoms with van der Waals surface area (Å²) in [5, 5.41) is 2.49. The lowest BCUT2D eigenvalue weighted by molar-refractivity contribution is -0.122. The molecule has 3 aromatic rings. The van der Waals surface area contributed by atoms with Crippen LogP contribution in [-0.2, 0) is 16.2 Å². The number of nitrogens with one attached hydrogen (secondary N) is 1. The van der Waals surface area contributed by atoms with E-state index in [-0.39, 0.29) is 17.2 Å². The second-order valence-corrected chi connectivity index (χ2v) is 9.17. The third-order valence-corrected chi connectivity index (χ3v) is 6.24. The van der Waals surface area contributed by atoms with E-state index < -0.39 is 17.8 Å². The summed E-state index contributed by atoms with van der Waals surface area (Å²) in [7, 11) is 0. The van der Waals surface area contributed by atoms with Crippen LogP contribution in [0.5, 0.6) is 11.5 Å². The third-order valence-electron chi connectivity index (χ3n) is 5.96. The molecule has 0 bridgehead atoms. The molecule has 37 heavy (non-hydrogen) atoms. The number of carbonyl (C=O) groups is 3. The highest BCUT2D eigenvalue weighted by atomic mass is 35.5. The number of ether oxygens (including phenoxy) is 2. The van der Waals surface area contributed by atoms with Crippen LogP contribution < -0.4 is 19.7 Å². The van der Waals surface area contributed by atoms with Crippen LogP contribution in [0.3, 0.4) is 0 Å². The number of halogens is 1. The number of imide groups is 2. The number of urea groups is 1. The minimum absolute atomic E-state index is 0.205. The highest BCUT2D eigenvalue weighted by Crippen LogP contribution is 2.38. The Balaban J connectivity index is 1.66. The Kier molecular flexibility index (Phi) is 7.64. The van der Waals surface area contributed by atoms with E-state index in [0.29, 0.717) is 29.4 Å². The molecular weight excluding hydrogens is 492 g/mol. The standard InChI is InChI=1S/C29H27ClN2O5/c1-5-36-25-15-21(14-24(30)26(25)37-16-20-10-9-18(3)19(4)12-20)13-23-27(33)31-29(35)32(28(23)34)22-8-6-7-17(2)11-22/h6-15H,5,16H2,1-4H3,(H,31,33,35)/b23-13+. The first-order valence-corrected chi connectivity index (χ1v) is 12.2. The van der Waals surface area contributed by atoms with Crippen LogP contribution in [0.15, 0.2) is 60.2 Å². The van der Waals surface area contributed by atoms with E-state index in [1.54, 1.807) is 30.3 Å². The van der Waals surface area contributed by atoms with Gasteiger partial charge < -0.3 is 9.47 Å². The predicted molar refractivity (Wildman–Crippen MR) is 143 cm³/mol. The topological polar surface area (TPSA) is 84.9 Å². The van der Waals surface area contributed by atoms with Gasteiger partial charge in [0.15, 0.2) is 11.5 Å². The van der Waals surface area contributed by atoms with Gasteiger partial charge in [0.25, 0.3) is 11.8 Å². The Hall–Kier alpha value is -4.10. The van der Waals surface area contributed by atoms with Crippen LogP contribution >= 0.6 is 11.6 Å². The van der Waals surface area contributed by atoms with Gasteiger partial charge in [0.05, 0.1) is 17.3 Å². The van der Waals surface area contributed by atoms with Crippen molar-refractivity contribution in [2.75, 3.05) is 11.5 Å². The van der Waals surface area contributed by atoms with Crippen molar-refractivity contribution in [2.45, 2.75) is 34.3 Å². The van der Waals surface area contributed by atoms with Crippen molar-refractivity contribution in [1.29, 1.82) is 0 Å². The number of amides is 4. The average Bonchev–Trinajstić information content (AvgIpc) is 2.83. The molecule has 1 aliphatic heterocycles. The molecule has 1 heterocycles. The zero-order chi connectivity index (χ0) is 26.7. The van der Waals surface area contributed by atoms with Gasteiger partial charge in [-0.05, 0) is 85.9 Å². The fourth-order valence-electron chi connectivity index (χ4n) is 3.95. The summed E-state index contributed by atoms with van der Waals surface area (Å²) in [5.41, 5.74) is 4.81. The second-order valence-electron chi connectivity index (χ2n) is 8.77. The van der Waals surface area contributed by atoms with E-state index in [1.165, 1.54) is 11.6 Å². The van der Waals surface area contributed by atoms with E-state index >= 15 is 0 Å². The van der Waals surface area contributed by atoms with Crippen molar-refractivity contribution < 1.29 is 23.9 Å². The van der Waals surface area contributed by atoms with Gasteiger partial charge in [-0.25, -0.2) is 9.69 Å². The number of benzene rings is 3. The first kappa shape index (κ1) is 26.0. The van der Waals surface area contributed by atoms with Crippen LogP contribution in [0.2, 0.25) is 5.02 Å². The average molecular weight is 519 g/mol. The molecule has 190 valence electrons. The Bertz CT molecular complexity index is 1430. The number of anilines is 1. The van der Waals surface area contributed by atoms with Crippen molar-refractivity contribution in [1.82, 2.24) is 5.32 Å². The van der Waals surface area contributed by atoms with Gasteiger partial charge in [0.2, 0.25) is 0 Å². The Morgan fingerprint density at radius 1 is 0.946 bits per heavy atom. The first-order valence-electron chi connectivity index (χ1n) is 11.8. The lowest BCUT2D eigenvalue weighted by Crippen LogP contribution is -2.54. The molecule has 0 unspecified atom stereocenters. The van der Waals surface area contributed by atoms with Gasteiger partial charge in [-0.2, -0.15) is 0 Å². The van der Waals surface area contributed by atoms with E-state index in [1.807, 2.05) is 45.9 Å². The van der Waals surface area contributed by atoms with E-state index in [0.717, 1.165) is 21.6 Å². The summed E-state index contributed by atoms with van der Waals surface area (Å²) in [6, 6.07) is 15.4. The molecule has 0 aliphatic carbocycles. The van der Waals surface area contributed by atoms with Gasteiger partial charge in [-0.3, -0.25) is 14.9 Å². The zero-order valence-corrected chi connectivity index (χ0v) is 21.8. The molecule has 1 saturated heterocycles. The summed E-state index contributed by atoms with van der Waals surface area (Å²) < 4.78 is 11.8. The molecule has 0 atom stereocenters. The summed E-state index contributed by atoms with van der Waals surface area (Å²) in [4.78, 5) is 39.2. The van der Waals surface area contributed by atoms with Crippen molar-refractivity contribution in [3.63, 3.8) is 0 Å². The highest BCUT2D eigenvalue weighted by Gasteiger charge is 2.37.